The maximum absolute atomic E-state index is 11.7. The first-order valence-corrected chi connectivity index (χ1v) is 7.28. The maximum Gasteiger partial charge on any atom is 0.293 e. The van der Waals surface area contributed by atoms with Crippen molar-refractivity contribution in [3.05, 3.63) is 23.2 Å². The molecular weight excluding hydrogens is 306 g/mol. The van der Waals surface area contributed by atoms with E-state index < -0.39 is 0 Å². The molecule has 1 amide bonds. The number of amides is 1. The maximum atomic E-state index is 11.7. The molecule has 0 aromatic heterocycles. The Morgan fingerprint density at radius 3 is 2.59 bits per heavy atom. The summed E-state index contributed by atoms with van der Waals surface area (Å²) < 4.78 is 4.55. The fraction of sp³-hybridized carbons (Fsp3) is 0.467. The molecule has 0 radical (unpaired) electrons. The monoisotopic (exact) mass is 327 g/mol. The summed E-state index contributed by atoms with van der Waals surface area (Å²) in [4.78, 5) is 21.3. The SMILES string of the molecule is CC(C)(C)OC=O.CNC1CNc2cccc(Cl)c2NC1=O. The van der Waals surface area contributed by atoms with Gasteiger partial charge in [0.15, 0.2) is 0 Å². The van der Waals surface area contributed by atoms with Crippen molar-refractivity contribution in [2.45, 2.75) is 32.4 Å². The molecular formula is C15H22ClN3O3. The van der Waals surface area contributed by atoms with E-state index in [-0.39, 0.29) is 17.6 Å². The summed E-state index contributed by atoms with van der Waals surface area (Å²) in [6, 6.07) is 5.25. The van der Waals surface area contributed by atoms with E-state index in [2.05, 4.69) is 20.7 Å². The van der Waals surface area contributed by atoms with Crippen molar-refractivity contribution in [2.75, 3.05) is 24.2 Å². The van der Waals surface area contributed by atoms with Crippen LogP contribution in [0.1, 0.15) is 20.8 Å². The number of likely N-dealkylation sites (N-methyl/N-ethyl adjacent to an activating group) is 1. The fourth-order valence-electron chi connectivity index (χ4n) is 1.69. The van der Waals surface area contributed by atoms with Gasteiger partial charge in [-0.05, 0) is 40.0 Å². The zero-order chi connectivity index (χ0) is 16.8. The Kier molecular flexibility index (Phi) is 6.64. The van der Waals surface area contributed by atoms with Crippen LogP contribution in [0.2, 0.25) is 5.02 Å². The molecule has 1 unspecified atom stereocenters. The third-order valence-electron chi connectivity index (χ3n) is 2.83. The number of carbonyl (C=O) groups excluding carboxylic acids is 2. The van der Waals surface area contributed by atoms with Gasteiger partial charge in [-0.25, -0.2) is 0 Å². The molecule has 3 N–H and O–H groups in total. The third-order valence-corrected chi connectivity index (χ3v) is 3.14. The predicted molar refractivity (Wildman–Crippen MR) is 88.3 cm³/mol. The van der Waals surface area contributed by atoms with Crippen molar-refractivity contribution in [1.82, 2.24) is 5.32 Å². The van der Waals surface area contributed by atoms with Crippen LogP contribution >= 0.6 is 11.6 Å². The Bertz CT molecular complexity index is 529. The molecule has 2 rings (SSSR count). The van der Waals surface area contributed by atoms with Gasteiger partial charge >= 0.3 is 0 Å². The van der Waals surface area contributed by atoms with Crippen LogP contribution in [0, 0.1) is 0 Å². The zero-order valence-electron chi connectivity index (χ0n) is 13.2. The topological polar surface area (TPSA) is 79.5 Å². The van der Waals surface area contributed by atoms with Gasteiger partial charge in [0.05, 0.1) is 16.4 Å². The highest BCUT2D eigenvalue weighted by atomic mass is 35.5. The summed E-state index contributed by atoms with van der Waals surface area (Å²) >= 11 is 6.00. The lowest BCUT2D eigenvalue weighted by Crippen LogP contribution is -2.41. The van der Waals surface area contributed by atoms with Gasteiger partial charge in [-0.15, -0.1) is 0 Å². The summed E-state index contributed by atoms with van der Waals surface area (Å²) in [5.74, 6) is -0.0724. The minimum atomic E-state index is -0.318. The Morgan fingerprint density at radius 1 is 1.41 bits per heavy atom. The minimum absolute atomic E-state index is 0.0724. The first-order valence-electron chi connectivity index (χ1n) is 6.90. The predicted octanol–water partition coefficient (Wildman–Crippen LogP) is 2.25. The number of anilines is 2. The van der Waals surface area contributed by atoms with Crippen molar-refractivity contribution in [2.24, 2.45) is 0 Å². The lowest BCUT2D eigenvalue weighted by molar-refractivity contribution is -0.138. The molecule has 6 nitrogen and oxygen atoms in total. The summed E-state index contributed by atoms with van der Waals surface area (Å²) in [6.07, 6.45) is 0. The van der Waals surface area contributed by atoms with E-state index in [0.717, 1.165) is 5.69 Å². The lowest BCUT2D eigenvalue weighted by Gasteiger charge is -2.14. The molecule has 0 bridgehead atoms. The van der Waals surface area contributed by atoms with Crippen LogP contribution in [-0.4, -0.2) is 37.6 Å². The molecule has 0 fully saturated rings. The van der Waals surface area contributed by atoms with Gasteiger partial charge in [0.2, 0.25) is 5.91 Å². The van der Waals surface area contributed by atoms with E-state index in [9.17, 15) is 9.59 Å². The number of carbonyl (C=O) groups is 2. The van der Waals surface area contributed by atoms with Crippen molar-refractivity contribution in [3.63, 3.8) is 0 Å². The fourth-order valence-corrected chi connectivity index (χ4v) is 1.91. The van der Waals surface area contributed by atoms with Crippen LogP contribution in [0.3, 0.4) is 0 Å². The molecule has 1 atom stereocenters. The Labute approximate surface area is 135 Å². The van der Waals surface area contributed by atoms with Crippen molar-refractivity contribution < 1.29 is 14.3 Å². The molecule has 0 aliphatic carbocycles. The van der Waals surface area contributed by atoms with Crippen molar-refractivity contribution in [3.8, 4) is 0 Å². The molecule has 0 saturated carbocycles. The van der Waals surface area contributed by atoms with Crippen LogP contribution in [0.4, 0.5) is 11.4 Å². The molecule has 1 aliphatic heterocycles. The molecule has 1 aromatic rings. The molecule has 22 heavy (non-hydrogen) atoms. The highest BCUT2D eigenvalue weighted by Gasteiger charge is 2.22. The smallest absolute Gasteiger partial charge is 0.293 e. The van der Waals surface area contributed by atoms with Gasteiger partial charge in [-0.3, -0.25) is 9.59 Å². The summed E-state index contributed by atoms with van der Waals surface area (Å²) in [7, 11) is 1.75. The Balaban J connectivity index is 0.000000295. The lowest BCUT2D eigenvalue weighted by atomic mass is 10.2. The molecule has 7 heteroatoms. The molecule has 1 heterocycles. The molecule has 1 aromatic carbocycles. The number of hydrogen-bond donors (Lipinski definition) is 3. The number of ether oxygens (including phenoxy) is 1. The molecule has 0 spiro atoms. The van der Waals surface area contributed by atoms with E-state index >= 15 is 0 Å². The quantitative estimate of drug-likeness (QED) is 0.726. The van der Waals surface area contributed by atoms with Gasteiger partial charge in [0.25, 0.3) is 6.47 Å². The van der Waals surface area contributed by atoms with Crippen LogP contribution < -0.4 is 16.0 Å². The Morgan fingerprint density at radius 2 is 2.09 bits per heavy atom. The number of hydrogen-bond acceptors (Lipinski definition) is 5. The van der Waals surface area contributed by atoms with Crippen molar-refractivity contribution >= 4 is 35.4 Å². The van der Waals surface area contributed by atoms with E-state index in [4.69, 9.17) is 11.6 Å². The number of para-hydroxylation sites is 1. The van der Waals surface area contributed by atoms with Crippen LogP contribution in [0.15, 0.2) is 18.2 Å². The number of rotatable bonds is 2. The molecule has 1 aliphatic rings. The third kappa shape index (κ3) is 5.54. The second kappa shape index (κ2) is 8.00. The molecule has 122 valence electrons. The van der Waals surface area contributed by atoms with Gasteiger partial charge in [-0.2, -0.15) is 0 Å². The highest BCUT2D eigenvalue weighted by Crippen LogP contribution is 2.31. The standard InChI is InChI=1S/C10H12ClN3O.C5H10O2/c1-12-8-5-13-7-4-2-3-6(11)9(7)14-10(8)15;1-5(2,3)7-4-6/h2-4,8,12-13H,5H2,1H3,(H,14,15);4H,1-3H3. The van der Waals surface area contributed by atoms with Gasteiger partial charge < -0.3 is 20.7 Å². The van der Waals surface area contributed by atoms with Crippen molar-refractivity contribution in [1.29, 1.82) is 0 Å². The summed E-state index contributed by atoms with van der Waals surface area (Å²) in [5, 5.41) is 9.44. The van der Waals surface area contributed by atoms with Crippen LogP contribution in [0.25, 0.3) is 0 Å². The first-order chi connectivity index (χ1) is 10.3. The average Bonchev–Trinajstić information content (AvgIpc) is 2.58. The second-order valence-electron chi connectivity index (χ2n) is 5.70. The average molecular weight is 328 g/mol. The second-order valence-corrected chi connectivity index (χ2v) is 6.11. The zero-order valence-corrected chi connectivity index (χ0v) is 14.0. The minimum Gasteiger partial charge on any atom is -0.462 e. The van der Waals surface area contributed by atoms with Gasteiger partial charge in [-0.1, -0.05) is 17.7 Å². The van der Waals surface area contributed by atoms with E-state index in [1.165, 1.54) is 0 Å². The van der Waals surface area contributed by atoms with E-state index in [0.29, 0.717) is 23.7 Å². The number of halogens is 1. The number of nitrogens with one attached hydrogen (secondary N) is 3. The van der Waals surface area contributed by atoms with E-state index in [1.807, 2.05) is 32.9 Å². The normalized spacial score (nSPS) is 17.0. The largest absolute Gasteiger partial charge is 0.462 e. The highest BCUT2D eigenvalue weighted by molar-refractivity contribution is 6.34. The summed E-state index contributed by atoms with van der Waals surface area (Å²) in [6.45, 7) is 6.47. The van der Waals surface area contributed by atoms with Crippen LogP contribution in [0.5, 0.6) is 0 Å². The first kappa shape index (κ1) is 18.3. The van der Waals surface area contributed by atoms with Gasteiger partial charge in [0, 0.05) is 6.54 Å². The number of fused-ring (bicyclic) bond motifs is 1. The summed E-state index contributed by atoms with van der Waals surface area (Å²) in [5.41, 5.74) is 1.19. The number of benzene rings is 1. The molecule has 0 saturated heterocycles. The van der Waals surface area contributed by atoms with E-state index in [1.54, 1.807) is 13.1 Å². The van der Waals surface area contributed by atoms with Crippen LogP contribution in [-0.2, 0) is 14.3 Å². The Hall–Kier alpha value is -1.79. The van der Waals surface area contributed by atoms with Gasteiger partial charge in [0.1, 0.15) is 11.6 Å².